The van der Waals surface area contributed by atoms with E-state index in [-0.39, 0.29) is 18.6 Å². The van der Waals surface area contributed by atoms with Crippen LogP contribution >= 0.6 is 23.2 Å². The molecule has 29 heavy (non-hydrogen) atoms. The molecule has 5 nitrogen and oxygen atoms in total. The number of hydrogen-bond acceptors (Lipinski definition) is 4. The maximum Gasteiger partial charge on any atom is 0.309 e. The summed E-state index contributed by atoms with van der Waals surface area (Å²) in [5, 5.41) is 11.0. The minimum Gasteiger partial charge on any atom is -0.491 e. The van der Waals surface area contributed by atoms with E-state index in [4.69, 9.17) is 37.4 Å². The van der Waals surface area contributed by atoms with Crippen LogP contribution in [0.4, 0.5) is 0 Å². The summed E-state index contributed by atoms with van der Waals surface area (Å²) in [6.07, 6.45) is -0.500. The lowest BCUT2D eigenvalue weighted by molar-refractivity contribution is -0.192. The highest BCUT2D eigenvalue weighted by Gasteiger charge is 2.52. The van der Waals surface area contributed by atoms with Crippen LogP contribution in [0.25, 0.3) is 0 Å². The van der Waals surface area contributed by atoms with E-state index >= 15 is 0 Å². The predicted octanol–water partition coefficient (Wildman–Crippen LogP) is 5.39. The minimum absolute atomic E-state index is 0.124. The first-order valence-electron chi connectivity index (χ1n) is 9.49. The van der Waals surface area contributed by atoms with Gasteiger partial charge in [-0.15, -0.1) is 0 Å². The number of carboxylic acids is 1. The summed E-state index contributed by atoms with van der Waals surface area (Å²) >= 11 is 12.1. The van der Waals surface area contributed by atoms with Crippen LogP contribution in [-0.4, -0.2) is 29.4 Å². The summed E-state index contributed by atoms with van der Waals surface area (Å²) in [5.41, 5.74) is 0.281. The van der Waals surface area contributed by atoms with Gasteiger partial charge in [0.1, 0.15) is 29.8 Å². The molecular weight excluding hydrogens is 415 g/mol. The molecule has 0 aromatic heterocycles. The average Bonchev–Trinajstić information content (AvgIpc) is 2.67. The van der Waals surface area contributed by atoms with E-state index in [1.807, 2.05) is 26.0 Å². The summed E-state index contributed by atoms with van der Waals surface area (Å²) in [7, 11) is 0. The van der Waals surface area contributed by atoms with Crippen molar-refractivity contribution in [1.29, 1.82) is 0 Å². The summed E-state index contributed by atoms with van der Waals surface area (Å²) < 4.78 is 18.3. The van der Waals surface area contributed by atoms with Gasteiger partial charge in [0.25, 0.3) is 0 Å². The molecule has 2 aliphatic heterocycles. The maximum atomic E-state index is 12.0. The highest BCUT2D eigenvalue weighted by molar-refractivity contribution is 6.30. The molecule has 2 aromatic carbocycles. The van der Waals surface area contributed by atoms with Gasteiger partial charge in [0.15, 0.2) is 0 Å². The number of hydrogen-bond donors (Lipinski definition) is 1. The van der Waals surface area contributed by atoms with Crippen LogP contribution in [0.15, 0.2) is 42.5 Å². The number of rotatable bonds is 4. The number of carboxylic acid groups (broad SMARTS) is 1. The van der Waals surface area contributed by atoms with E-state index in [1.54, 1.807) is 30.3 Å². The third-order valence-electron chi connectivity index (χ3n) is 5.73. The smallest absolute Gasteiger partial charge is 0.309 e. The number of ether oxygens (including phenoxy) is 3. The monoisotopic (exact) mass is 436 g/mol. The van der Waals surface area contributed by atoms with Gasteiger partial charge in [0.2, 0.25) is 0 Å². The summed E-state index contributed by atoms with van der Waals surface area (Å²) in [4.78, 5) is 12.0. The van der Waals surface area contributed by atoms with Crippen molar-refractivity contribution in [2.45, 2.75) is 38.1 Å². The Morgan fingerprint density at radius 3 is 2.55 bits per heavy atom. The lowest BCUT2D eigenvalue weighted by Gasteiger charge is -2.50. The van der Waals surface area contributed by atoms with Gasteiger partial charge in [-0.25, -0.2) is 0 Å². The van der Waals surface area contributed by atoms with Gasteiger partial charge >= 0.3 is 5.97 Å². The van der Waals surface area contributed by atoms with Crippen molar-refractivity contribution < 1.29 is 24.1 Å². The van der Waals surface area contributed by atoms with Gasteiger partial charge < -0.3 is 19.3 Å². The molecule has 0 amide bonds. The Morgan fingerprint density at radius 2 is 1.86 bits per heavy atom. The van der Waals surface area contributed by atoms with Crippen LogP contribution in [0.3, 0.4) is 0 Å². The van der Waals surface area contributed by atoms with E-state index in [1.165, 1.54) is 0 Å². The number of benzene rings is 2. The van der Waals surface area contributed by atoms with Crippen LogP contribution in [0.2, 0.25) is 10.0 Å². The van der Waals surface area contributed by atoms with E-state index in [0.29, 0.717) is 28.0 Å². The van der Waals surface area contributed by atoms with Crippen molar-refractivity contribution >= 4 is 29.2 Å². The molecule has 4 atom stereocenters. The zero-order valence-electron chi connectivity index (χ0n) is 16.1. The molecule has 0 unspecified atom stereocenters. The predicted molar refractivity (Wildman–Crippen MR) is 110 cm³/mol. The van der Waals surface area contributed by atoms with E-state index in [9.17, 15) is 9.90 Å². The van der Waals surface area contributed by atoms with Crippen LogP contribution in [0.5, 0.6) is 11.5 Å². The Bertz CT molecular complexity index is 912. The number of halogens is 2. The van der Waals surface area contributed by atoms with E-state index in [0.717, 1.165) is 5.56 Å². The summed E-state index contributed by atoms with van der Waals surface area (Å²) in [6, 6.07) is 12.4. The number of fused-ring (bicyclic) bond motifs is 3. The lowest BCUT2D eigenvalue weighted by atomic mass is 9.72. The third kappa shape index (κ3) is 4.04. The largest absolute Gasteiger partial charge is 0.491 e. The fraction of sp³-hybridized carbons (Fsp3) is 0.409. The molecule has 1 N–H and O–H groups in total. The lowest BCUT2D eigenvalue weighted by Crippen LogP contribution is -2.53. The second-order valence-electron chi connectivity index (χ2n) is 8.03. The van der Waals surface area contributed by atoms with Crippen LogP contribution in [0, 0.1) is 11.8 Å². The van der Waals surface area contributed by atoms with Gasteiger partial charge in [-0.05, 0) is 62.7 Å². The first-order chi connectivity index (χ1) is 13.7. The second-order valence-corrected chi connectivity index (χ2v) is 8.91. The normalized spacial score (nSPS) is 27.3. The molecule has 0 saturated carbocycles. The minimum atomic E-state index is -0.902. The average molecular weight is 437 g/mol. The Balaban J connectivity index is 1.61. The molecule has 1 fully saturated rings. The molecule has 0 spiro atoms. The Labute approximate surface area is 179 Å². The molecule has 1 saturated heterocycles. The van der Waals surface area contributed by atoms with Gasteiger partial charge in [0, 0.05) is 21.5 Å². The van der Waals surface area contributed by atoms with Crippen LogP contribution in [0.1, 0.15) is 31.9 Å². The topological polar surface area (TPSA) is 65.0 Å². The van der Waals surface area contributed by atoms with Gasteiger partial charge in [-0.2, -0.15) is 0 Å². The van der Waals surface area contributed by atoms with Gasteiger partial charge in [0.05, 0.1) is 12.0 Å². The highest BCUT2D eigenvalue weighted by Crippen LogP contribution is 2.52. The number of carbonyl (C=O) groups is 1. The third-order valence-corrected chi connectivity index (χ3v) is 6.22. The maximum absolute atomic E-state index is 12.0. The van der Waals surface area contributed by atoms with Gasteiger partial charge in [-0.3, -0.25) is 4.79 Å². The Kier molecular flexibility index (Phi) is 5.40. The van der Waals surface area contributed by atoms with Crippen LogP contribution in [-0.2, 0) is 9.53 Å². The summed E-state index contributed by atoms with van der Waals surface area (Å²) in [6.45, 7) is 4.06. The van der Waals surface area contributed by atoms with Crippen molar-refractivity contribution in [3.63, 3.8) is 0 Å². The van der Waals surface area contributed by atoms with Crippen molar-refractivity contribution in [2.75, 3.05) is 6.61 Å². The fourth-order valence-electron chi connectivity index (χ4n) is 4.18. The second kappa shape index (κ2) is 7.71. The van der Waals surface area contributed by atoms with Crippen LogP contribution < -0.4 is 9.47 Å². The fourth-order valence-corrected chi connectivity index (χ4v) is 4.49. The molecule has 2 aliphatic rings. The molecule has 2 aromatic rings. The molecular formula is C22H22Cl2O5. The molecule has 0 radical (unpaired) electrons. The molecule has 0 bridgehead atoms. The first kappa shape index (κ1) is 20.3. The first-order valence-corrected chi connectivity index (χ1v) is 10.3. The van der Waals surface area contributed by atoms with Gasteiger partial charge in [-0.1, -0.05) is 23.2 Å². The Hall–Kier alpha value is -1.95. The summed E-state index contributed by atoms with van der Waals surface area (Å²) in [5.74, 6) is -0.402. The number of aliphatic carboxylic acids is 1. The van der Waals surface area contributed by atoms with E-state index in [2.05, 4.69) is 0 Å². The SMILES string of the molecule is CC1(C)Oc2ccc(Cl)cc2[C@H]2O[C@@H](COc3ccc(Cl)cc3)[C@H](C(=O)O)C[C@@H]21. The van der Waals surface area contributed by atoms with Crippen molar-refractivity contribution in [3.05, 3.63) is 58.1 Å². The molecule has 0 aliphatic carbocycles. The molecule has 154 valence electrons. The van der Waals surface area contributed by atoms with Crippen molar-refractivity contribution in [3.8, 4) is 11.5 Å². The quantitative estimate of drug-likeness (QED) is 0.695. The van der Waals surface area contributed by atoms with Crippen molar-refractivity contribution in [1.82, 2.24) is 0 Å². The zero-order valence-corrected chi connectivity index (χ0v) is 17.6. The standard InChI is InChI=1S/C22H22Cl2O5/c1-22(2)17-10-16(21(25)26)19(11-27-14-6-3-12(23)4-7-14)28-20(17)15-9-13(24)5-8-18(15)29-22/h3-9,16-17,19-20H,10-11H2,1-2H3,(H,25,26)/t16-,17+,19+,20-/m1/s1. The Morgan fingerprint density at radius 1 is 1.17 bits per heavy atom. The highest BCUT2D eigenvalue weighted by atomic mass is 35.5. The zero-order chi connectivity index (χ0) is 20.8. The van der Waals surface area contributed by atoms with Crippen molar-refractivity contribution in [2.24, 2.45) is 11.8 Å². The molecule has 2 heterocycles. The van der Waals surface area contributed by atoms with E-state index < -0.39 is 23.6 Å². The molecule has 4 rings (SSSR count). The molecule has 7 heteroatoms.